The number of benzene rings is 1. The van der Waals surface area contributed by atoms with Crippen molar-refractivity contribution in [2.75, 3.05) is 31.6 Å². The predicted molar refractivity (Wildman–Crippen MR) is 124 cm³/mol. The van der Waals surface area contributed by atoms with Crippen LogP contribution in [-0.4, -0.2) is 55.4 Å². The summed E-state index contributed by atoms with van der Waals surface area (Å²) >= 11 is 0. The molecule has 10 heteroatoms. The lowest BCUT2D eigenvalue weighted by atomic mass is 9.92. The minimum absolute atomic E-state index is 0.369. The van der Waals surface area contributed by atoms with Gasteiger partial charge in [0.15, 0.2) is 5.65 Å². The van der Waals surface area contributed by atoms with Gasteiger partial charge in [0.2, 0.25) is 0 Å². The molecule has 4 heterocycles. The molecule has 1 aromatic carbocycles. The Morgan fingerprint density at radius 2 is 1.94 bits per heavy atom. The molecule has 3 aromatic heterocycles. The van der Waals surface area contributed by atoms with E-state index in [0.29, 0.717) is 42.6 Å². The van der Waals surface area contributed by atoms with E-state index in [-0.39, 0.29) is 5.92 Å². The summed E-state index contributed by atoms with van der Waals surface area (Å²) in [5, 5.41) is 8.05. The number of rotatable bonds is 6. The van der Waals surface area contributed by atoms with Crippen molar-refractivity contribution >= 4 is 17.3 Å². The van der Waals surface area contributed by atoms with E-state index in [0.717, 1.165) is 36.1 Å². The predicted octanol–water partition coefficient (Wildman–Crippen LogP) is 3.78. The second kappa shape index (κ2) is 9.11. The highest BCUT2D eigenvalue weighted by Gasteiger charge is 2.24. The average Bonchev–Trinajstić information content (AvgIpc) is 3.36. The fraction of sp³-hybridized carbons (Fsp3) is 0.375. The van der Waals surface area contributed by atoms with Crippen LogP contribution in [0.3, 0.4) is 0 Å². The smallest absolute Gasteiger partial charge is 0.161 e. The lowest BCUT2D eigenvalue weighted by molar-refractivity contribution is 0.0334. The Morgan fingerprint density at radius 1 is 1.15 bits per heavy atom. The normalized spacial score (nSPS) is 15.7. The molecule has 1 saturated heterocycles. The molecule has 0 amide bonds. The molecule has 0 radical (unpaired) electrons. The van der Waals surface area contributed by atoms with Crippen LogP contribution in [0.2, 0.25) is 0 Å². The Hall–Kier alpha value is -3.37. The van der Waals surface area contributed by atoms with E-state index in [1.165, 1.54) is 12.1 Å². The zero-order valence-electron chi connectivity index (χ0n) is 19.4. The second-order valence-electron chi connectivity index (χ2n) is 8.69. The largest absolute Gasteiger partial charge is 0.379 e. The van der Waals surface area contributed by atoms with Gasteiger partial charge in [-0.25, -0.2) is 23.3 Å². The van der Waals surface area contributed by atoms with Gasteiger partial charge in [-0.05, 0) is 18.6 Å². The topological polar surface area (TPSA) is 72.5 Å². The monoisotopic (exact) mass is 467 g/mol. The Kier molecular flexibility index (Phi) is 6.01. The Morgan fingerprint density at radius 3 is 2.65 bits per heavy atom. The molecule has 0 aliphatic carbocycles. The first-order valence-electron chi connectivity index (χ1n) is 11.3. The van der Waals surface area contributed by atoms with E-state index in [1.54, 1.807) is 6.33 Å². The highest BCUT2D eigenvalue weighted by atomic mass is 19.1. The number of morpholine rings is 1. The standard InChI is InChI=1S/C24H27F2N7O/c1-15(19-5-4-17(25)10-20(19)26)23-16(2)30-33-18(12-32-6-8-34-9-7-32)11-21(29-24(23)33)28-22-13-31(3)14-27-22/h4-5,10-11,13-15H,6-9,12H2,1-3H3,(H,28,29). The second-order valence-corrected chi connectivity index (χ2v) is 8.69. The molecule has 1 N–H and O–H groups in total. The van der Waals surface area contributed by atoms with Crippen LogP contribution in [0, 0.1) is 18.6 Å². The lowest BCUT2D eigenvalue weighted by Gasteiger charge is -2.26. The van der Waals surface area contributed by atoms with Crippen LogP contribution in [0.1, 0.15) is 35.4 Å². The molecule has 1 atom stereocenters. The third kappa shape index (κ3) is 4.38. The lowest BCUT2D eigenvalue weighted by Crippen LogP contribution is -2.36. The number of halogens is 2. The molecule has 5 rings (SSSR count). The summed E-state index contributed by atoms with van der Waals surface area (Å²) in [5.74, 6) is -0.248. The number of fused-ring (bicyclic) bond motifs is 1. The maximum absolute atomic E-state index is 14.7. The molecule has 0 saturated carbocycles. The number of nitrogens with one attached hydrogen (secondary N) is 1. The van der Waals surface area contributed by atoms with Gasteiger partial charge in [0.1, 0.15) is 23.3 Å². The summed E-state index contributed by atoms with van der Waals surface area (Å²) in [6, 6.07) is 5.65. The van der Waals surface area contributed by atoms with E-state index in [2.05, 4.69) is 15.2 Å². The van der Waals surface area contributed by atoms with Gasteiger partial charge >= 0.3 is 0 Å². The maximum Gasteiger partial charge on any atom is 0.161 e. The van der Waals surface area contributed by atoms with E-state index < -0.39 is 11.6 Å². The third-order valence-corrected chi connectivity index (χ3v) is 6.20. The summed E-state index contributed by atoms with van der Waals surface area (Å²) in [6.07, 6.45) is 3.58. The Balaban J connectivity index is 1.61. The van der Waals surface area contributed by atoms with Crippen molar-refractivity contribution in [2.45, 2.75) is 26.3 Å². The fourth-order valence-electron chi connectivity index (χ4n) is 4.49. The summed E-state index contributed by atoms with van der Waals surface area (Å²) < 4.78 is 37.4. The number of ether oxygens (including phenoxy) is 1. The Bertz CT molecular complexity index is 1330. The molecular weight excluding hydrogens is 440 g/mol. The number of aromatic nitrogens is 5. The first-order chi connectivity index (χ1) is 16.4. The van der Waals surface area contributed by atoms with Gasteiger partial charge < -0.3 is 14.6 Å². The van der Waals surface area contributed by atoms with E-state index in [9.17, 15) is 8.78 Å². The van der Waals surface area contributed by atoms with Gasteiger partial charge in [0.25, 0.3) is 0 Å². The number of hydrogen-bond donors (Lipinski definition) is 1. The van der Waals surface area contributed by atoms with Crippen LogP contribution in [0.15, 0.2) is 36.8 Å². The fourth-order valence-corrected chi connectivity index (χ4v) is 4.49. The molecule has 4 aromatic rings. The van der Waals surface area contributed by atoms with Crippen LogP contribution < -0.4 is 5.32 Å². The van der Waals surface area contributed by atoms with Crippen LogP contribution in [0.4, 0.5) is 20.4 Å². The summed E-state index contributed by atoms with van der Waals surface area (Å²) in [5.41, 5.74) is 3.55. The first kappa shape index (κ1) is 22.4. The molecule has 178 valence electrons. The van der Waals surface area contributed by atoms with Crippen LogP contribution in [0.25, 0.3) is 5.65 Å². The van der Waals surface area contributed by atoms with Crippen LogP contribution >= 0.6 is 0 Å². The van der Waals surface area contributed by atoms with Crippen molar-refractivity contribution in [3.8, 4) is 0 Å². The van der Waals surface area contributed by atoms with E-state index in [4.69, 9.17) is 14.8 Å². The van der Waals surface area contributed by atoms with Crippen molar-refractivity contribution in [1.82, 2.24) is 29.0 Å². The summed E-state index contributed by atoms with van der Waals surface area (Å²) in [4.78, 5) is 11.5. The van der Waals surface area contributed by atoms with Gasteiger partial charge in [-0.15, -0.1) is 0 Å². The molecule has 1 aliphatic rings. The van der Waals surface area contributed by atoms with Crippen molar-refractivity contribution < 1.29 is 13.5 Å². The van der Waals surface area contributed by atoms with Crippen LogP contribution in [-0.2, 0) is 18.3 Å². The molecule has 1 aliphatic heterocycles. The number of imidazole rings is 1. The molecule has 0 bridgehead atoms. The minimum atomic E-state index is -0.599. The number of anilines is 2. The van der Waals surface area contributed by atoms with Crippen molar-refractivity contribution in [3.63, 3.8) is 0 Å². The summed E-state index contributed by atoms with van der Waals surface area (Å²) in [6.45, 7) is 7.50. The Labute approximate surface area is 196 Å². The number of hydrogen-bond acceptors (Lipinski definition) is 6. The van der Waals surface area contributed by atoms with Gasteiger partial charge in [0, 0.05) is 56.5 Å². The number of aryl methyl sites for hydroxylation is 2. The quantitative estimate of drug-likeness (QED) is 0.465. The van der Waals surface area contributed by atoms with Gasteiger partial charge in [-0.2, -0.15) is 5.10 Å². The molecule has 1 unspecified atom stereocenters. The first-order valence-corrected chi connectivity index (χ1v) is 11.3. The van der Waals surface area contributed by atoms with E-state index >= 15 is 0 Å². The molecule has 0 spiro atoms. The molecule has 1 fully saturated rings. The van der Waals surface area contributed by atoms with Gasteiger partial charge in [-0.3, -0.25) is 4.90 Å². The van der Waals surface area contributed by atoms with Crippen molar-refractivity contribution in [3.05, 3.63) is 70.9 Å². The van der Waals surface area contributed by atoms with Gasteiger partial charge in [0.05, 0.1) is 30.9 Å². The zero-order valence-corrected chi connectivity index (χ0v) is 19.4. The average molecular weight is 468 g/mol. The highest BCUT2D eigenvalue weighted by molar-refractivity contribution is 5.61. The SMILES string of the molecule is Cc1nn2c(CN3CCOCC3)cc(Nc3cn(C)cn3)nc2c1C(C)c1ccc(F)cc1F. The van der Waals surface area contributed by atoms with Crippen LogP contribution in [0.5, 0.6) is 0 Å². The molecular formula is C24H27F2N7O. The van der Waals surface area contributed by atoms with E-state index in [1.807, 2.05) is 42.2 Å². The minimum Gasteiger partial charge on any atom is -0.379 e. The van der Waals surface area contributed by atoms with Gasteiger partial charge in [-0.1, -0.05) is 13.0 Å². The zero-order chi connectivity index (χ0) is 23.8. The molecule has 34 heavy (non-hydrogen) atoms. The van der Waals surface area contributed by atoms with Crippen molar-refractivity contribution in [2.24, 2.45) is 7.05 Å². The summed E-state index contributed by atoms with van der Waals surface area (Å²) in [7, 11) is 1.90. The third-order valence-electron chi connectivity index (χ3n) is 6.20. The van der Waals surface area contributed by atoms with Crippen molar-refractivity contribution in [1.29, 1.82) is 0 Å². The molecule has 8 nitrogen and oxygen atoms in total. The maximum atomic E-state index is 14.7. The highest BCUT2D eigenvalue weighted by Crippen LogP contribution is 2.33. The number of nitrogens with zero attached hydrogens (tertiary/aromatic N) is 6.